The molecule has 2 heteroatoms. The molecular formula is C36H53ClO. The van der Waals surface area contributed by atoms with Crippen LogP contribution in [0.3, 0.4) is 0 Å². The van der Waals surface area contributed by atoms with Gasteiger partial charge in [0, 0.05) is 6.42 Å². The van der Waals surface area contributed by atoms with Gasteiger partial charge in [-0.25, -0.2) is 0 Å². The predicted molar refractivity (Wildman–Crippen MR) is 171 cm³/mol. The van der Waals surface area contributed by atoms with Crippen LogP contribution in [-0.4, -0.2) is 5.78 Å². The van der Waals surface area contributed by atoms with Crippen LogP contribution >= 0.6 is 12.4 Å². The van der Waals surface area contributed by atoms with Gasteiger partial charge in [0.25, 0.3) is 0 Å². The monoisotopic (exact) mass is 536 g/mol. The molecule has 0 saturated heterocycles. The highest BCUT2D eigenvalue weighted by Crippen LogP contribution is 2.15. The first-order chi connectivity index (χ1) is 17.6. The number of rotatable bonds is 10. The summed E-state index contributed by atoms with van der Waals surface area (Å²) in [5.74, 6) is 1.87. The van der Waals surface area contributed by atoms with Gasteiger partial charge in [0.15, 0.2) is 0 Å². The maximum atomic E-state index is 10.7. The summed E-state index contributed by atoms with van der Waals surface area (Å²) < 4.78 is 0. The molecule has 38 heavy (non-hydrogen) atoms. The Hall–Kier alpha value is -2.38. The fraction of sp³-hybridized carbons (Fsp3) is 0.472. The van der Waals surface area contributed by atoms with Crippen molar-refractivity contribution in [3.63, 3.8) is 0 Å². The summed E-state index contributed by atoms with van der Waals surface area (Å²) in [5.41, 5.74) is 8.05. The largest absolute Gasteiger partial charge is 0.300 e. The molecule has 0 aliphatic carbocycles. The van der Waals surface area contributed by atoms with Gasteiger partial charge in [0.2, 0.25) is 0 Å². The zero-order chi connectivity index (χ0) is 27.6. The van der Waals surface area contributed by atoms with Crippen molar-refractivity contribution in [2.24, 2.45) is 11.8 Å². The Morgan fingerprint density at radius 3 is 1.29 bits per heavy atom. The van der Waals surface area contributed by atoms with Gasteiger partial charge in [-0.1, -0.05) is 143 Å². The minimum absolute atomic E-state index is 0. The highest BCUT2D eigenvalue weighted by Gasteiger charge is 2.03. The number of Topliss-reactive ketones (excluding diaryl/α,β-unsaturated/α-hetero) is 1. The molecule has 3 aromatic carbocycles. The molecule has 0 bridgehead atoms. The third-order valence-corrected chi connectivity index (χ3v) is 6.43. The first-order valence-electron chi connectivity index (χ1n) is 14.3. The quantitative estimate of drug-likeness (QED) is 0.252. The molecule has 0 aromatic heterocycles. The number of hydrogen-bond acceptors (Lipinski definition) is 1. The van der Waals surface area contributed by atoms with Gasteiger partial charge in [0.1, 0.15) is 5.78 Å². The number of ketones is 1. The smallest absolute Gasteiger partial charge is 0.134 e. The van der Waals surface area contributed by atoms with E-state index in [9.17, 15) is 4.79 Å². The molecule has 0 saturated carbocycles. The van der Waals surface area contributed by atoms with Crippen molar-refractivity contribution >= 4 is 18.2 Å². The Morgan fingerprint density at radius 1 is 0.632 bits per heavy atom. The van der Waals surface area contributed by atoms with Crippen molar-refractivity contribution < 1.29 is 4.79 Å². The molecule has 0 N–H and O–H groups in total. The van der Waals surface area contributed by atoms with Crippen molar-refractivity contribution in [3.8, 4) is 0 Å². The normalized spacial score (nSPS) is 11.6. The molecule has 3 rings (SSSR count). The lowest BCUT2D eigenvalue weighted by molar-refractivity contribution is -0.116. The molecule has 210 valence electrons. The molecule has 1 nitrogen and oxygen atoms in total. The van der Waals surface area contributed by atoms with Crippen molar-refractivity contribution in [3.05, 3.63) is 106 Å². The van der Waals surface area contributed by atoms with Crippen molar-refractivity contribution in [1.29, 1.82) is 0 Å². The number of carbonyl (C=O) groups excluding carboxylic acids is 1. The van der Waals surface area contributed by atoms with Crippen molar-refractivity contribution in [1.82, 2.24) is 0 Å². The van der Waals surface area contributed by atoms with Gasteiger partial charge < -0.3 is 0 Å². The van der Waals surface area contributed by atoms with Gasteiger partial charge in [-0.05, 0) is 69.1 Å². The lowest BCUT2D eigenvalue weighted by atomic mass is 9.96. The zero-order valence-corrected chi connectivity index (χ0v) is 26.2. The van der Waals surface area contributed by atoms with Crippen LogP contribution in [0.5, 0.6) is 0 Å². The average molecular weight is 537 g/mol. The number of hydrogen-bond donors (Lipinski definition) is 0. The molecular weight excluding hydrogens is 484 g/mol. The molecule has 0 spiro atoms. The van der Waals surface area contributed by atoms with E-state index in [0.29, 0.717) is 6.42 Å². The van der Waals surface area contributed by atoms with E-state index in [1.54, 1.807) is 6.92 Å². The van der Waals surface area contributed by atoms with Crippen LogP contribution < -0.4 is 0 Å². The first kappa shape index (κ1) is 35.6. The van der Waals surface area contributed by atoms with Crippen LogP contribution in [0.15, 0.2) is 72.8 Å². The zero-order valence-electron chi connectivity index (χ0n) is 25.3. The van der Waals surface area contributed by atoms with E-state index in [0.717, 1.165) is 17.4 Å². The molecule has 3 aromatic rings. The second-order valence-electron chi connectivity index (χ2n) is 11.0. The van der Waals surface area contributed by atoms with E-state index in [1.165, 1.54) is 66.3 Å². The van der Waals surface area contributed by atoms with Gasteiger partial charge >= 0.3 is 0 Å². The van der Waals surface area contributed by atoms with Crippen LogP contribution in [0.2, 0.25) is 0 Å². The van der Waals surface area contributed by atoms with E-state index in [1.807, 2.05) is 31.2 Å². The molecule has 0 heterocycles. The Bertz CT molecular complexity index is 983. The number of aryl methyl sites for hydroxylation is 3. The summed E-state index contributed by atoms with van der Waals surface area (Å²) in [6.45, 7) is 17.2. The van der Waals surface area contributed by atoms with E-state index in [2.05, 4.69) is 90.1 Å². The Morgan fingerprint density at radius 2 is 0.974 bits per heavy atom. The number of benzene rings is 3. The fourth-order valence-electron chi connectivity index (χ4n) is 4.78. The number of carbonyl (C=O) groups is 1. The summed E-state index contributed by atoms with van der Waals surface area (Å²) in [6.07, 6.45) is 8.30. The van der Waals surface area contributed by atoms with E-state index in [4.69, 9.17) is 0 Å². The van der Waals surface area contributed by atoms with Gasteiger partial charge in [0.05, 0.1) is 0 Å². The Kier molecular flexibility index (Phi) is 19.3. The topological polar surface area (TPSA) is 17.1 Å². The maximum absolute atomic E-state index is 10.7. The summed E-state index contributed by atoms with van der Waals surface area (Å²) in [5, 5.41) is 0. The second kappa shape index (κ2) is 20.6. The second-order valence-corrected chi connectivity index (χ2v) is 11.0. The van der Waals surface area contributed by atoms with E-state index < -0.39 is 0 Å². The summed E-state index contributed by atoms with van der Waals surface area (Å²) in [4.78, 5) is 10.7. The standard InChI is InChI=1S/2C13H20.C10H12O.ClH/c2*1-4-6-11(2)9-13-8-5-7-12(3)10-13;1-8-4-3-5-10(6-8)7-9(2)11;/h2*5,7-8,10-11H,4,6,9H2,1-3H3;3-6H,7H2,1-2H3;1H. The predicted octanol–water partition coefficient (Wildman–Crippen LogP) is 10.5. The van der Waals surface area contributed by atoms with Gasteiger partial charge in [-0.2, -0.15) is 0 Å². The molecule has 2 atom stereocenters. The highest BCUT2D eigenvalue weighted by atomic mass is 35.5. The SMILES string of the molecule is CC(=O)Cc1cccc(C)c1.CCCC(C)Cc1cccc(C)c1.CCCC(C)Cc1cccc(C)c1.Cl. The molecule has 0 fully saturated rings. The van der Waals surface area contributed by atoms with Crippen LogP contribution in [0, 0.1) is 32.6 Å². The molecule has 0 amide bonds. The summed E-state index contributed by atoms with van der Waals surface area (Å²) in [7, 11) is 0. The van der Waals surface area contributed by atoms with Crippen LogP contribution in [0.1, 0.15) is 93.7 Å². The lowest BCUT2D eigenvalue weighted by Gasteiger charge is -2.09. The van der Waals surface area contributed by atoms with Crippen LogP contribution in [0.25, 0.3) is 0 Å². The minimum Gasteiger partial charge on any atom is -0.300 e. The summed E-state index contributed by atoms with van der Waals surface area (Å²) >= 11 is 0. The van der Waals surface area contributed by atoms with Gasteiger partial charge in [-0.3, -0.25) is 4.79 Å². The fourth-order valence-corrected chi connectivity index (χ4v) is 4.78. The third-order valence-electron chi connectivity index (χ3n) is 6.43. The number of halogens is 1. The minimum atomic E-state index is 0. The van der Waals surface area contributed by atoms with Crippen molar-refractivity contribution in [2.75, 3.05) is 0 Å². The molecule has 0 aliphatic rings. The molecule has 0 radical (unpaired) electrons. The molecule has 0 aliphatic heterocycles. The lowest BCUT2D eigenvalue weighted by Crippen LogP contribution is -1.99. The third kappa shape index (κ3) is 17.2. The molecule has 2 unspecified atom stereocenters. The van der Waals surface area contributed by atoms with Crippen molar-refractivity contribution in [2.45, 2.75) is 100 Å². The first-order valence-corrected chi connectivity index (χ1v) is 14.3. The average Bonchev–Trinajstić information content (AvgIpc) is 2.80. The van der Waals surface area contributed by atoms with Crippen LogP contribution in [-0.2, 0) is 24.1 Å². The Balaban J connectivity index is 0.000000536. The maximum Gasteiger partial charge on any atom is 0.134 e. The van der Waals surface area contributed by atoms with Gasteiger partial charge in [-0.15, -0.1) is 12.4 Å². The van der Waals surface area contributed by atoms with E-state index in [-0.39, 0.29) is 18.2 Å². The van der Waals surface area contributed by atoms with Crippen LogP contribution in [0.4, 0.5) is 0 Å². The summed E-state index contributed by atoms with van der Waals surface area (Å²) in [6, 6.07) is 25.7. The highest BCUT2D eigenvalue weighted by molar-refractivity contribution is 5.85. The Labute approximate surface area is 240 Å². The van der Waals surface area contributed by atoms with E-state index >= 15 is 0 Å².